The summed E-state index contributed by atoms with van der Waals surface area (Å²) in [7, 11) is 0. The number of carbonyl (C=O) groups excluding carboxylic acids is 1. The molecule has 0 radical (unpaired) electrons. The van der Waals surface area contributed by atoms with E-state index in [4.69, 9.17) is 0 Å². The molecule has 0 spiro atoms. The van der Waals surface area contributed by atoms with Gasteiger partial charge in [0.15, 0.2) is 0 Å². The molecule has 1 unspecified atom stereocenters. The van der Waals surface area contributed by atoms with Gasteiger partial charge >= 0.3 is 0 Å². The van der Waals surface area contributed by atoms with Crippen molar-refractivity contribution in [2.45, 2.75) is 25.7 Å². The summed E-state index contributed by atoms with van der Waals surface area (Å²) < 4.78 is 0. The lowest BCUT2D eigenvalue weighted by molar-refractivity contribution is -0.384. The van der Waals surface area contributed by atoms with Crippen LogP contribution in [0, 0.1) is 10.1 Å². The monoisotopic (exact) mass is 522 g/mol. The smallest absolute Gasteiger partial charge is 0.269 e. The molecule has 3 aromatic carbocycles. The van der Waals surface area contributed by atoms with Gasteiger partial charge in [-0.2, -0.15) is 0 Å². The Morgan fingerprint density at radius 2 is 1.79 bits per heavy atom. The standard InChI is InChI=1S/C32H34N4O3/c1-2-25-12-7-15-28-30(23-33-32(25)28)29(26-13-6-14-27(21-26)36(38)39)22-31(37)35-19-17-34(18-20-35)16-8-11-24-9-4-3-5-10-24/h3-15,21,23,29,33H,2,16-20,22H2,1H3/b11-8+. The van der Waals surface area contributed by atoms with Crippen LogP contribution in [-0.4, -0.2) is 58.3 Å². The second-order valence-electron chi connectivity index (χ2n) is 10.0. The first-order chi connectivity index (χ1) is 19.0. The van der Waals surface area contributed by atoms with E-state index in [1.165, 1.54) is 17.2 Å². The molecule has 1 aliphatic heterocycles. The zero-order chi connectivity index (χ0) is 27.2. The predicted molar refractivity (Wildman–Crippen MR) is 156 cm³/mol. The predicted octanol–water partition coefficient (Wildman–Crippen LogP) is 6.02. The van der Waals surface area contributed by atoms with Gasteiger partial charge < -0.3 is 9.88 Å². The van der Waals surface area contributed by atoms with Crippen LogP contribution in [0.5, 0.6) is 0 Å². The summed E-state index contributed by atoms with van der Waals surface area (Å²) in [6, 6.07) is 23.2. The minimum Gasteiger partial charge on any atom is -0.361 e. The third-order valence-electron chi connectivity index (χ3n) is 7.65. The lowest BCUT2D eigenvalue weighted by Crippen LogP contribution is -2.48. The second kappa shape index (κ2) is 12.1. The molecule has 39 heavy (non-hydrogen) atoms. The van der Waals surface area contributed by atoms with Gasteiger partial charge in [-0.15, -0.1) is 0 Å². The van der Waals surface area contributed by atoms with Gasteiger partial charge in [-0.05, 0) is 28.7 Å². The molecule has 0 aliphatic carbocycles. The third kappa shape index (κ3) is 6.10. The Bertz CT molecular complexity index is 1470. The highest BCUT2D eigenvalue weighted by Gasteiger charge is 2.27. The number of fused-ring (bicyclic) bond motifs is 1. The average molecular weight is 523 g/mol. The van der Waals surface area contributed by atoms with Crippen molar-refractivity contribution in [3.8, 4) is 0 Å². The fourth-order valence-corrected chi connectivity index (χ4v) is 5.47. The Morgan fingerprint density at radius 1 is 1.03 bits per heavy atom. The molecular formula is C32H34N4O3. The number of rotatable bonds is 9. The van der Waals surface area contributed by atoms with Crippen molar-refractivity contribution in [1.82, 2.24) is 14.8 Å². The van der Waals surface area contributed by atoms with Gasteiger partial charge in [-0.25, -0.2) is 0 Å². The number of nitrogens with one attached hydrogen (secondary N) is 1. The number of aromatic amines is 1. The molecule has 2 heterocycles. The molecule has 1 amide bonds. The first-order valence-corrected chi connectivity index (χ1v) is 13.6. The number of nitro groups is 1. The van der Waals surface area contributed by atoms with E-state index in [1.807, 2.05) is 41.4 Å². The van der Waals surface area contributed by atoms with E-state index >= 15 is 0 Å². The van der Waals surface area contributed by atoms with Crippen molar-refractivity contribution in [2.24, 2.45) is 0 Å². The van der Waals surface area contributed by atoms with E-state index < -0.39 is 0 Å². The van der Waals surface area contributed by atoms with Crippen LogP contribution in [0.3, 0.4) is 0 Å². The van der Waals surface area contributed by atoms with Crippen LogP contribution in [0.15, 0.2) is 85.1 Å². The number of aromatic nitrogens is 1. The number of para-hydroxylation sites is 1. The number of H-pyrrole nitrogens is 1. The Labute approximate surface area is 228 Å². The zero-order valence-electron chi connectivity index (χ0n) is 22.3. The summed E-state index contributed by atoms with van der Waals surface area (Å²) in [4.78, 5) is 32.5. The lowest BCUT2D eigenvalue weighted by atomic mass is 9.87. The van der Waals surface area contributed by atoms with Gasteiger partial charge in [0.25, 0.3) is 5.69 Å². The van der Waals surface area contributed by atoms with Crippen molar-refractivity contribution in [1.29, 1.82) is 0 Å². The second-order valence-corrected chi connectivity index (χ2v) is 10.0. The molecule has 1 N–H and O–H groups in total. The molecule has 1 aromatic heterocycles. The van der Waals surface area contributed by atoms with Crippen LogP contribution >= 0.6 is 0 Å². The minimum atomic E-state index is -0.377. The average Bonchev–Trinajstić information content (AvgIpc) is 3.41. The molecule has 7 heteroatoms. The Hall–Kier alpha value is -4.23. The molecule has 0 bridgehead atoms. The summed E-state index contributed by atoms with van der Waals surface area (Å²) in [6.07, 6.45) is 7.43. The van der Waals surface area contributed by atoms with Crippen molar-refractivity contribution in [3.63, 3.8) is 0 Å². The van der Waals surface area contributed by atoms with Crippen molar-refractivity contribution in [3.05, 3.63) is 117 Å². The zero-order valence-corrected chi connectivity index (χ0v) is 22.3. The van der Waals surface area contributed by atoms with Crippen LogP contribution < -0.4 is 0 Å². The van der Waals surface area contributed by atoms with Crippen LogP contribution in [0.25, 0.3) is 17.0 Å². The summed E-state index contributed by atoms with van der Waals surface area (Å²) in [5.41, 5.74) is 5.28. The fraction of sp³-hybridized carbons (Fsp3) is 0.281. The van der Waals surface area contributed by atoms with E-state index in [0.29, 0.717) is 13.1 Å². The highest BCUT2D eigenvalue weighted by Crippen LogP contribution is 2.36. The largest absolute Gasteiger partial charge is 0.361 e. The number of piperazine rings is 1. The van der Waals surface area contributed by atoms with E-state index in [2.05, 4.69) is 53.2 Å². The number of carbonyl (C=O) groups is 1. The molecule has 1 atom stereocenters. The summed E-state index contributed by atoms with van der Waals surface area (Å²) in [5, 5.41) is 12.6. The summed E-state index contributed by atoms with van der Waals surface area (Å²) in [5.74, 6) is -0.211. The topological polar surface area (TPSA) is 82.5 Å². The van der Waals surface area contributed by atoms with Crippen molar-refractivity contribution >= 4 is 28.6 Å². The van der Waals surface area contributed by atoms with Crippen LogP contribution in [0.4, 0.5) is 5.69 Å². The van der Waals surface area contributed by atoms with Gasteiger partial charge in [-0.3, -0.25) is 19.8 Å². The number of nitro benzene ring substituents is 1. The third-order valence-corrected chi connectivity index (χ3v) is 7.65. The van der Waals surface area contributed by atoms with Gasteiger partial charge in [0.2, 0.25) is 5.91 Å². The Morgan fingerprint density at radius 3 is 2.54 bits per heavy atom. The molecule has 200 valence electrons. The van der Waals surface area contributed by atoms with Gasteiger partial charge in [0.05, 0.1) is 4.92 Å². The number of hydrogen-bond donors (Lipinski definition) is 1. The molecule has 1 saturated heterocycles. The molecule has 0 saturated carbocycles. The minimum absolute atomic E-state index is 0.0382. The number of hydrogen-bond acceptors (Lipinski definition) is 4. The molecule has 7 nitrogen and oxygen atoms in total. The molecule has 1 fully saturated rings. The van der Waals surface area contributed by atoms with E-state index in [1.54, 1.807) is 12.1 Å². The quantitative estimate of drug-likeness (QED) is 0.215. The molecular weight excluding hydrogens is 488 g/mol. The highest BCUT2D eigenvalue weighted by atomic mass is 16.6. The highest BCUT2D eigenvalue weighted by molar-refractivity contribution is 5.88. The summed E-state index contributed by atoms with van der Waals surface area (Å²) in [6.45, 7) is 5.95. The SMILES string of the molecule is CCc1cccc2c(C(CC(=O)N3CCN(C/C=C/c4ccccc4)CC3)c3cccc([N+](=O)[O-])c3)c[nH]c12. The van der Waals surface area contributed by atoms with Crippen LogP contribution in [0.2, 0.25) is 0 Å². The number of aryl methyl sites for hydroxylation is 1. The number of benzene rings is 3. The maximum absolute atomic E-state index is 13.6. The van der Waals surface area contributed by atoms with Gasteiger partial charge in [0, 0.05) is 74.3 Å². The first kappa shape index (κ1) is 26.4. The van der Waals surface area contributed by atoms with Crippen molar-refractivity contribution in [2.75, 3.05) is 32.7 Å². The summed E-state index contributed by atoms with van der Waals surface area (Å²) >= 11 is 0. The lowest BCUT2D eigenvalue weighted by Gasteiger charge is -2.35. The Kier molecular flexibility index (Phi) is 8.18. The normalized spacial score (nSPS) is 15.2. The fourth-order valence-electron chi connectivity index (χ4n) is 5.47. The van der Waals surface area contributed by atoms with Gasteiger partial charge in [-0.1, -0.05) is 79.7 Å². The maximum Gasteiger partial charge on any atom is 0.269 e. The van der Waals surface area contributed by atoms with E-state index in [9.17, 15) is 14.9 Å². The number of non-ortho nitro benzene ring substituents is 1. The van der Waals surface area contributed by atoms with E-state index in [-0.39, 0.29) is 28.9 Å². The van der Waals surface area contributed by atoms with Crippen LogP contribution in [-0.2, 0) is 11.2 Å². The molecule has 5 rings (SSSR count). The van der Waals surface area contributed by atoms with Gasteiger partial charge in [0.1, 0.15) is 0 Å². The number of nitrogens with zero attached hydrogens (tertiary/aromatic N) is 3. The molecule has 1 aliphatic rings. The van der Waals surface area contributed by atoms with Crippen LogP contribution in [0.1, 0.15) is 41.5 Å². The Balaban J connectivity index is 1.32. The number of amides is 1. The first-order valence-electron chi connectivity index (χ1n) is 13.6. The maximum atomic E-state index is 13.6. The van der Waals surface area contributed by atoms with E-state index in [0.717, 1.165) is 48.1 Å². The molecule has 4 aromatic rings. The van der Waals surface area contributed by atoms with Crippen molar-refractivity contribution < 1.29 is 9.72 Å².